The minimum absolute atomic E-state index is 0.0893. The van der Waals surface area contributed by atoms with Crippen molar-refractivity contribution >= 4 is 6.09 Å². The van der Waals surface area contributed by atoms with E-state index in [0.29, 0.717) is 5.92 Å². The maximum absolute atomic E-state index is 12.3. The molecule has 3 rings (SSSR count). The van der Waals surface area contributed by atoms with Crippen molar-refractivity contribution in [2.24, 2.45) is 5.92 Å². The Morgan fingerprint density at radius 1 is 1.00 bits per heavy atom. The average molecular weight is 381 g/mol. The van der Waals surface area contributed by atoms with Crippen LogP contribution in [0, 0.1) is 5.92 Å². The first-order chi connectivity index (χ1) is 13.4. The van der Waals surface area contributed by atoms with Crippen LogP contribution in [0.2, 0.25) is 0 Å². The van der Waals surface area contributed by atoms with E-state index in [2.05, 4.69) is 64.8 Å². The lowest BCUT2D eigenvalue weighted by Crippen LogP contribution is -2.48. The highest BCUT2D eigenvalue weighted by atomic mass is 16.6. The summed E-state index contributed by atoms with van der Waals surface area (Å²) in [6.45, 7) is 8.58. The predicted molar refractivity (Wildman–Crippen MR) is 113 cm³/mol. The lowest BCUT2D eigenvalue weighted by molar-refractivity contribution is 0.0148. The molecule has 1 fully saturated rings. The zero-order chi connectivity index (χ0) is 20.0. The second-order valence-corrected chi connectivity index (χ2v) is 8.87. The number of hydrogen-bond donors (Lipinski definition) is 1. The second kappa shape index (κ2) is 9.24. The number of hydrogen-bond acceptors (Lipinski definition) is 3. The Balaban J connectivity index is 1.67. The molecule has 0 spiro atoms. The van der Waals surface area contributed by atoms with Gasteiger partial charge in [0.25, 0.3) is 0 Å². The van der Waals surface area contributed by atoms with Crippen molar-refractivity contribution in [3.63, 3.8) is 0 Å². The molecule has 1 amide bonds. The number of alkyl carbamates (subject to hydrolysis) is 1. The Labute approximate surface area is 168 Å². The van der Waals surface area contributed by atoms with E-state index in [4.69, 9.17) is 4.74 Å². The Kier molecular flexibility index (Phi) is 6.74. The Hall–Kier alpha value is -2.33. The smallest absolute Gasteiger partial charge is 0.407 e. The number of likely N-dealkylation sites (tertiary alicyclic amines) is 1. The van der Waals surface area contributed by atoms with E-state index in [1.54, 1.807) is 0 Å². The van der Waals surface area contributed by atoms with E-state index in [9.17, 15) is 4.79 Å². The first kappa shape index (κ1) is 20.4. The number of benzene rings is 2. The lowest BCUT2D eigenvalue weighted by Gasteiger charge is -2.38. The molecule has 4 nitrogen and oxygen atoms in total. The van der Waals surface area contributed by atoms with Gasteiger partial charge < -0.3 is 10.1 Å². The molecule has 0 radical (unpaired) electrons. The second-order valence-electron chi connectivity index (χ2n) is 8.87. The zero-order valence-electron chi connectivity index (χ0n) is 17.2. The fourth-order valence-electron chi connectivity index (χ4n) is 3.89. The number of nitrogens with zero attached hydrogens (tertiary/aromatic N) is 1. The van der Waals surface area contributed by atoms with E-state index < -0.39 is 0 Å². The van der Waals surface area contributed by atoms with E-state index in [1.165, 1.54) is 11.1 Å². The van der Waals surface area contributed by atoms with Crippen LogP contribution in [0.25, 0.3) is 0 Å². The largest absolute Gasteiger partial charge is 0.445 e. The van der Waals surface area contributed by atoms with Crippen LogP contribution < -0.4 is 5.32 Å². The van der Waals surface area contributed by atoms with Crippen LogP contribution in [0.5, 0.6) is 0 Å². The normalized spacial score (nSPS) is 20.5. The number of carbonyl (C=O) groups is 1. The Morgan fingerprint density at radius 2 is 1.61 bits per heavy atom. The first-order valence-corrected chi connectivity index (χ1v) is 10.2. The molecule has 0 aliphatic carbocycles. The number of carbonyl (C=O) groups excluding carboxylic acids is 1. The van der Waals surface area contributed by atoms with E-state index in [1.807, 2.05) is 26.8 Å². The number of rotatable bonds is 5. The third-order valence-corrected chi connectivity index (χ3v) is 4.94. The van der Waals surface area contributed by atoms with Crippen LogP contribution in [0.3, 0.4) is 0 Å². The summed E-state index contributed by atoms with van der Waals surface area (Å²) >= 11 is 0. The summed E-state index contributed by atoms with van der Waals surface area (Å²) < 4.78 is 5.81. The van der Waals surface area contributed by atoms with Gasteiger partial charge in [-0.1, -0.05) is 60.7 Å². The maximum atomic E-state index is 12.3. The van der Waals surface area contributed by atoms with Gasteiger partial charge in [-0.15, -0.1) is 0 Å². The van der Waals surface area contributed by atoms with Crippen LogP contribution in [-0.4, -0.2) is 35.7 Å². The minimum Gasteiger partial charge on any atom is -0.445 e. The van der Waals surface area contributed by atoms with Gasteiger partial charge in [0.2, 0.25) is 0 Å². The summed E-state index contributed by atoms with van der Waals surface area (Å²) in [6, 6.07) is 21.1. The molecule has 4 heteroatoms. The third kappa shape index (κ3) is 6.68. The Bertz CT molecular complexity index is 691. The molecule has 1 N–H and O–H groups in total. The fourth-order valence-corrected chi connectivity index (χ4v) is 3.89. The van der Waals surface area contributed by atoms with Crippen molar-refractivity contribution in [3.05, 3.63) is 71.8 Å². The van der Waals surface area contributed by atoms with E-state index in [0.717, 1.165) is 32.5 Å². The molecule has 1 saturated heterocycles. The topological polar surface area (TPSA) is 41.6 Å². The quantitative estimate of drug-likeness (QED) is 0.821. The molecule has 28 heavy (non-hydrogen) atoms. The number of ether oxygens (including phenoxy) is 1. The maximum Gasteiger partial charge on any atom is 0.407 e. The molecular formula is C24H32N2O2. The van der Waals surface area contributed by atoms with Crippen LogP contribution in [0.4, 0.5) is 4.79 Å². The molecular weight excluding hydrogens is 348 g/mol. The molecule has 150 valence electrons. The zero-order valence-corrected chi connectivity index (χ0v) is 17.2. The van der Waals surface area contributed by atoms with E-state index in [-0.39, 0.29) is 17.7 Å². The minimum atomic E-state index is -0.322. The van der Waals surface area contributed by atoms with Crippen molar-refractivity contribution in [2.75, 3.05) is 13.1 Å². The number of nitrogens with one attached hydrogen (secondary N) is 1. The van der Waals surface area contributed by atoms with Gasteiger partial charge in [0, 0.05) is 25.2 Å². The highest BCUT2D eigenvalue weighted by Crippen LogP contribution is 2.24. The van der Waals surface area contributed by atoms with Crippen molar-refractivity contribution in [3.8, 4) is 0 Å². The van der Waals surface area contributed by atoms with Crippen LogP contribution in [0.1, 0.15) is 38.3 Å². The Morgan fingerprint density at radius 3 is 2.21 bits per heavy atom. The van der Waals surface area contributed by atoms with Crippen molar-refractivity contribution < 1.29 is 9.53 Å². The summed E-state index contributed by atoms with van der Waals surface area (Å²) in [7, 11) is 0. The van der Waals surface area contributed by atoms with Gasteiger partial charge in [0.15, 0.2) is 0 Å². The molecule has 2 atom stereocenters. The molecule has 0 bridgehead atoms. The first-order valence-electron chi connectivity index (χ1n) is 10.2. The molecule has 0 aromatic heterocycles. The van der Waals surface area contributed by atoms with Crippen molar-refractivity contribution in [1.29, 1.82) is 0 Å². The summed E-state index contributed by atoms with van der Waals surface area (Å²) in [6.07, 6.45) is 1.50. The van der Waals surface area contributed by atoms with Crippen LogP contribution in [-0.2, 0) is 17.7 Å². The van der Waals surface area contributed by atoms with Gasteiger partial charge in [-0.3, -0.25) is 4.90 Å². The van der Waals surface area contributed by atoms with Crippen LogP contribution >= 0.6 is 0 Å². The lowest BCUT2D eigenvalue weighted by atomic mass is 9.89. The molecule has 1 aliphatic rings. The van der Waals surface area contributed by atoms with Crippen LogP contribution in [0.15, 0.2) is 60.7 Å². The van der Waals surface area contributed by atoms with Gasteiger partial charge >= 0.3 is 6.09 Å². The SMILES string of the molecule is CC(C)(C)NC(=O)O[C@H]1CC(Cc2ccccc2)CN(Cc2ccccc2)C1. The molecule has 0 saturated carbocycles. The van der Waals surface area contributed by atoms with Crippen molar-refractivity contribution in [2.45, 2.75) is 51.8 Å². The van der Waals surface area contributed by atoms with Gasteiger partial charge in [0.1, 0.15) is 6.10 Å². The highest BCUT2D eigenvalue weighted by molar-refractivity contribution is 5.68. The van der Waals surface area contributed by atoms with Crippen molar-refractivity contribution in [1.82, 2.24) is 10.2 Å². The fraction of sp³-hybridized carbons (Fsp3) is 0.458. The van der Waals surface area contributed by atoms with Gasteiger partial charge in [-0.25, -0.2) is 4.79 Å². The summed E-state index contributed by atoms with van der Waals surface area (Å²) in [4.78, 5) is 14.7. The number of piperidine rings is 1. The van der Waals surface area contributed by atoms with Gasteiger partial charge in [-0.05, 0) is 50.7 Å². The molecule has 1 aliphatic heterocycles. The van der Waals surface area contributed by atoms with Gasteiger partial charge in [0.05, 0.1) is 0 Å². The standard InChI is InChI=1S/C24H32N2O2/c1-24(2,3)25-23(27)28-22-15-21(14-19-10-6-4-7-11-19)17-26(18-22)16-20-12-8-5-9-13-20/h4-13,21-22H,14-18H2,1-3H3,(H,25,27)/t21?,22-/m0/s1. The summed E-state index contributed by atoms with van der Waals surface area (Å²) in [5.74, 6) is 0.465. The molecule has 1 unspecified atom stereocenters. The molecule has 2 aromatic rings. The monoisotopic (exact) mass is 380 g/mol. The third-order valence-electron chi connectivity index (χ3n) is 4.94. The molecule has 1 heterocycles. The summed E-state index contributed by atoms with van der Waals surface area (Å²) in [5, 5.41) is 2.92. The molecule has 2 aromatic carbocycles. The highest BCUT2D eigenvalue weighted by Gasteiger charge is 2.30. The van der Waals surface area contributed by atoms with Gasteiger partial charge in [-0.2, -0.15) is 0 Å². The average Bonchev–Trinajstić information content (AvgIpc) is 2.61. The van der Waals surface area contributed by atoms with E-state index >= 15 is 0 Å². The summed E-state index contributed by atoms with van der Waals surface area (Å²) in [5.41, 5.74) is 2.34. The number of amides is 1. The predicted octanol–water partition coefficient (Wildman–Crippen LogP) is 4.64.